The summed E-state index contributed by atoms with van der Waals surface area (Å²) >= 11 is 1.53. The fourth-order valence-corrected chi connectivity index (χ4v) is 3.64. The van der Waals surface area contributed by atoms with Crippen LogP contribution < -0.4 is 10.6 Å². The SMILES string of the molecule is Cc1noc(CSc2ccccc2C(=O)NCC2CCCNC2)n1.Cl. The second-order valence-corrected chi connectivity index (χ2v) is 6.96. The minimum atomic E-state index is -0.0228. The Morgan fingerprint density at radius 1 is 1.44 bits per heavy atom. The van der Waals surface area contributed by atoms with Crippen LogP contribution in [-0.2, 0) is 5.75 Å². The third-order valence-electron chi connectivity index (χ3n) is 4.00. The van der Waals surface area contributed by atoms with Gasteiger partial charge in [-0.25, -0.2) is 0 Å². The second kappa shape index (κ2) is 9.79. The highest BCUT2D eigenvalue weighted by molar-refractivity contribution is 7.98. The molecule has 1 atom stereocenters. The molecule has 136 valence electrons. The van der Waals surface area contributed by atoms with Crippen LogP contribution in [0.3, 0.4) is 0 Å². The van der Waals surface area contributed by atoms with Crippen LogP contribution in [0.15, 0.2) is 33.7 Å². The highest BCUT2D eigenvalue weighted by Crippen LogP contribution is 2.26. The van der Waals surface area contributed by atoms with E-state index in [1.54, 1.807) is 6.92 Å². The molecule has 2 N–H and O–H groups in total. The molecule has 1 unspecified atom stereocenters. The van der Waals surface area contributed by atoms with Crippen LogP contribution in [0.5, 0.6) is 0 Å². The monoisotopic (exact) mass is 382 g/mol. The van der Waals surface area contributed by atoms with Gasteiger partial charge in [0.1, 0.15) is 0 Å². The summed E-state index contributed by atoms with van der Waals surface area (Å²) < 4.78 is 5.12. The van der Waals surface area contributed by atoms with Crippen molar-refractivity contribution in [2.24, 2.45) is 5.92 Å². The Kier molecular flexibility index (Phi) is 7.74. The summed E-state index contributed by atoms with van der Waals surface area (Å²) in [6, 6.07) is 7.63. The molecule has 1 aromatic heterocycles. The van der Waals surface area contributed by atoms with Crippen molar-refractivity contribution in [2.75, 3.05) is 19.6 Å². The number of thioether (sulfide) groups is 1. The van der Waals surface area contributed by atoms with Gasteiger partial charge in [-0.1, -0.05) is 17.3 Å². The maximum atomic E-state index is 12.5. The van der Waals surface area contributed by atoms with Gasteiger partial charge < -0.3 is 15.2 Å². The molecule has 0 bridgehead atoms. The van der Waals surface area contributed by atoms with Crippen LogP contribution in [0, 0.1) is 12.8 Å². The Hall–Kier alpha value is -1.57. The van der Waals surface area contributed by atoms with E-state index in [0.29, 0.717) is 35.5 Å². The first kappa shape index (κ1) is 19.8. The maximum absolute atomic E-state index is 12.5. The van der Waals surface area contributed by atoms with E-state index in [9.17, 15) is 4.79 Å². The zero-order chi connectivity index (χ0) is 16.8. The molecule has 1 fully saturated rings. The van der Waals surface area contributed by atoms with Crippen LogP contribution in [0.4, 0.5) is 0 Å². The third kappa shape index (κ3) is 5.73. The van der Waals surface area contributed by atoms with Crippen LogP contribution in [-0.4, -0.2) is 35.7 Å². The first-order valence-corrected chi connectivity index (χ1v) is 9.21. The molecule has 0 radical (unpaired) electrons. The van der Waals surface area contributed by atoms with E-state index in [2.05, 4.69) is 20.8 Å². The van der Waals surface area contributed by atoms with Gasteiger partial charge in [-0.05, 0) is 50.9 Å². The third-order valence-corrected chi connectivity index (χ3v) is 5.06. The Balaban J connectivity index is 0.00000225. The summed E-state index contributed by atoms with van der Waals surface area (Å²) in [5.74, 6) is 2.24. The minimum Gasteiger partial charge on any atom is -0.352 e. The van der Waals surface area contributed by atoms with Crippen LogP contribution in [0.2, 0.25) is 0 Å². The number of nitrogens with one attached hydrogen (secondary N) is 2. The lowest BCUT2D eigenvalue weighted by Gasteiger charge is -2.23. The Bertz CT molecular complexity index is 689. The second-order valence-electron chi connectivity index (χ2n) is 5.94. The number of benzene rings is 1. The molecule has 1 saturated heterocycles. The largest absolute Gasteiger partial charge is 0.352 e. The minimum absolute atomic E-state index is 0. The first-order chi connectivity index (χ1) is 11.7. The summed E-state index contributed by atoms with van der Waals surface area (Å²) in [6.45, 7) is 4.57. The van der Waals surface area contributed by atoms with Crippen molar-refractivity contribution >= 4 is 30.1 Å². The molecule has 0 spiro atoms. The summed E-state index contributed by atoms with van der Waals surface area (Å²) in [5, 5.41) is 10.2. The molecule has 3 rings (SSSR count). The number of aryl methyl sites for hydroxylation is 1. The number of hydrogen-bond donors (Lipinski definition) is 2. The average Bonchev–Trinajstić information content (AvgIpc) is 3.04. The van der Waals surface area contributed by atoms with Crippen molar-refractivity contribution < 1.29 is 9.32 Å². The zero-order valence-electron chi connectivity index (χ0n) is 14.2. The van der Waals surface area contributed by atoms with Crippen LogP contribution >= 0.6 is 24.2 Å². The molecule has 1 aromatic carbocycles. The topological polar surface area (TPSA) is 80.0 Å². The summed E-state index contributed by atoms with van der Waals surface area (Å²) in [7, 11) is 0. The van der Waals surface area contributed by atoms with Gasteiger partial charge in [-0.2, -0.15) is 4.98 Å². The van der Waals surface area contributed by atoms with Crippen molar-refractivity contribution in [3.63, 3.8) is 0 Å². The molecule has 2 aromatic rings. The van der Waals surface area contributed by atoms with Gasteiger partial charge in [0.15, 0.2) is 5.82 Å². The van der Waals surface area contributed by atoms with Gasteiger partial charge in [0.05, 0.1) is 11.3 Å². The lowest BCUT2D eigenvalue weighted by atomic mass is 10.00. The molecule has 6 nitrogen and oxygen atoms in total. The number of rotatable bonds is 6. The Morgan fingerprint density at radius 3 is 3.00 bits per heavy atom. The Morgan fingerprint density at radius 2 is 2.28 bits per heavy atom. The normalized spacial score (nSPS) is 16.9. The van der Waals surface area contributed by atoms with Gasteiger partial charge >= 0.3 is 0 Å². The number of halogens is 1. The maximum Gasteiger partial charge on any atom is 0.252 e. The van der Waals surface area contributed by atoms with E-state index in [1.807, 2.05) is 24.3 Å². The zero-order valence-corrected chi connectivity index (χ0v) is 15.8. The first-order valence-electron chi connectivity index (χ1n) is 8.22. The van der Waals surface area contributed by atoms with Crippen molar-refractivity contribution in [1.82, 2.24) is 20.8 Å². The fourth-order valence-electron chi connectivity index (χ4n) is 2.75. The molecular weight excluding hydrogens is 360 g/mol. The molecular formula is C17H23ClN4O2S. The summed E-state index contributed by atoms with van der Waals surface area (Å²) in [6.07, 6.45) is 2.34. The molecule has 2 heterocycles. The molecule has 8 heteroatoms. The quantitative estimate of drug-likeness (QED) is 0.748. The predicted octanol–water partition coefficient (Wildman–Crippen LogP) is 2.82. The summed E-state index contributed by atoms with van der Waals surface area (Å²) in [4.78, 5) is 17.6. The molecule has 0 saturated carbocycles. The van der Waals surface area contributed by atoms with Gasteiger partial charge in [0, 0.05) is 11.4 Å². The van der Waals surface area contributed by atoms with Crippen molar-refractivity contribution in [3.8, 4) is 0 Å². The smallest absolute Gasteiger partial charge is 0.252 e. The van der Waals surface area contributed by atoms with Gasteiger partial charge in [0.25, 0.3) is 5.91 Å². The number of nitrogens with zero attached hydrogens (tertiary/aromatic N) is 2. The Labute approximate surface area is 157 Å². The van der Waals surface area contributed by atoms with E-state index < -0.39 is 0 Å². The van der Waals surface area contributed by atoms with Crippen molar-refractivity contribution in [2.45, 2.75) is 30.4 Å². The fraction of sp³-hybridized carbons (Fsp3) is 0.471. The van der Waals surface area contributed by atoms with Gasteiger partial charge in [-0.15, -0.1) is 24.2 Å². The van der Waals surface area contributed by atoms with Crippen molar-refractivity contribution in [3.05, 3.63) is 41.5 Å². The highest BCUT2D eigenvalue weighted by Gasteiger charge is 2.16. The number of aromatic nitrogens is 2. The predicted molar refractivity (Wildman–Crippen MR) is 100 cm³/mol. The number of amides is 1. The van der Waals surface area contributed by atoms with Gasteiger partial charge in [0.2, 0.25) is 5.89 Å². The van der Waals surface area contributed by atoms with E-state index in [-0.39, 0.29) is 18.3 Å². The van der Waals surface area contributed by atoms with Crippen molar-refractivity contribution in [1.29, 1.82) is 0 Å². The van der Waals surface area contributed by atoms with Crippen LogP contribution in [0.1, 0.15) is 34.9 Å². The van der Waals surface area contributed by atoms with Gasteiger partial charge in [-0.3, -0.25) is 4.79 Å². The molecule has 0 aliphatic carbocycles. The molecule has 1 aliphatic rings. The lowest BCUT2D eigenvalue weighted by molar-refractivity contribution is 0.0942. The number of piperidine rings is 1. The van der Waals surface area contributed by atoms with E-state index >= 15 is 0 Å². The van der Waals surface area contributed by atoms with Crippen LogP contribution in [0.25, 0.3) is 0 Å². The average molecular weight is 383 g/mol. The van der Waals surface area contributed by atoms with E-state index in [0.717, 1.165) is 18.0 Å². The number of hydrogen-bond acceptors (Lipinski definition) is 6. The lowest BCUT2D eigenvalue weighted by Crippen LogP contribution is -2.38. The summed E-state index contributed by atoms with van der Waals surface area (Å²) in [5.41, 5.74) is 0.697. The highest BCUT2D eigenvalue weighted by atomic mass is 35.5. The standard InChI is InChI=1S/C17H22N4O2S.ClH/c1-12-20-16(23-21-12)11-24-15-7-3-2-6-14(15)17(22)19-10-13-5-4-8-18-9-13;/h2-3,6-7,13,18H,4-5,8-11H2,1H3,(H,19,22);1H. The van der Waals surface area contributed by atoms with E-state index in [4.69, 9.17) is 4.52 Å². The molecule has 1 amide bonds. The van der Waals surface area contributed by atoms with E-state index in [1.165, 1.54) is 24.6 Å². The number of carbonyl (C=O) groups is 1. The molecule has 25 heavy (non-hydrogen) atoms. The number of carbonyl (C=O) groups excluding carboxylic acids is 1. The molecule has 1 aliphatic heterocycles.